The van der Waals surface area contributed by atoms with E-state index in [9.17, 15) is 83.7 Å². The van der Waals surface area contributed by atoms with Gasteiger partial charge in [-0.15, -0.1) is 0 Å². The quantitative estimate of drug-likeness (QED) is 0.0286. The summed E-state index contributed by atoms with van der Waals surface area (Å²) in [6.07, 6.45) is -7.76. The van der Waals surface area contributed by atoms with Crippen LogP contribution in [-0.2, 0) is 57.4 Å². The highest BCUT2D eigenvalue weighted by Gasteiger charge is 2.72. The Morgan fingerprint density at radius 1 is 0.646 bits per heavy atom. The SMILES string of the molecule is CC(=O)OC(C(C)=O)(C(=O)C(C)=O)C(O)(C(C)=O)[C@H](O)[C@H](O)CO.CC(=O)OC[C@@H](O)C(O)(C(C)=O)C(O)(C(C)=O)C(O)(C=O)C(C)=O. The van der Waals surface area contributed by atoms with E-state index in [-0.39, 0.29) is 0 Å². The number of Topliss-reactive ketones (excluding diaryl/α,β-unsaturated/α-hetero) is 7. The number of ether oxygens (including phenoxy) is 2. The van der Waals surface area contributed by atoms with Gasteiger partial charge in [0, 0.05) is 20.8 Å². The molecule has 8 N–H and O–H groups in total. The van der Waals surface area contributed by atoms with Crippen molar-refractivity contribution in [2.24, 2.45) is 0 Å². The zero-order valence-electron chi connectivity index (χ0n) is 27.2. The van der Waals surface area contributed by atoms with E-state index in [0.717, 1.165) is 13.8 Å². The summed E-state index contributed by atoms with van der Waals surface area (Å²) < 4.78 is 8.99. The van der Waals surface area contributed by atoms with Gasteiger partial charge in [-0.3, -0.25) is 47.9 Å². The van der Waals surface area contributed by atoms with Gasteiger partial charge >= 0.3 is 11.9 Å². The second-order valence-corrected chi connectivity index (χ2v) is 10.6. The second-order valence-electron chi connectivity index (χ2n) is 10.6. The van der Waals surface area contributed by atoms with Crippen LogP contribution in [-0.4, -0.2) is 159 Å². The van der Waals surface area contributed by atoms with Crippen LogP contribution >= 0.6 is 0 Å². The largest absolute Gasteiger partial charge is 0.463 e. The van der Waals surface area contributed by atoms with E-state index < -0.39 is 118 Å². The molecule has 0 saturated heterocycles. The molecule has 20 heteroatoms. The van der Waals surface area contributed by atoms with E-state index >= 15 is 0 Å². The summed E-state index contributed by atoms with van der Waals surface area (Å²) in [5, 5.41) is 80.5. The normalized spacial score (nSPS) is 19.2. The first kappa shape index (κ1) is 46.1. The van der Waals surface area contributed by atoms with Gasteiger partial charge in [0.1, 0.15) is 24.9 Å². The monoisotopic (exact) mass is 696 g/mol. The second kappa shape index (κ2) is 16.9. The molecule has 48 heavy (non-hydrogen) atoms. The summed E-state index contributed by atoms with van der Waals surface area (Å²) in [6, 6.07) is 0. The Morgan fingerprint density at radius 3 is 1.33 bits per heavy atom. The molecular formula is C28H40O20. The fourth-order valence-corrected chi connectivity index (χ4v) is 4.60. The standard InChI is InChI=1S/2C14H20O10/c1-7(16)12(21,6-15)14(23,9(3)18)13(22,8(2)17)11(20)5-24-10(4)19;1-6(16)11(21)14(8(3)18,24-9(4)19)13(23,7(2)17)12(22)10(20)5-15/h6,11,20-23H,5H2,1-4H3;10,12,15,20,22-23H,5H2,1-4H3/t11-,12?,13?,14?;10-,12-,13?,14?/m11/s1. The number of rotatable bonds is 18. The summed E-state index contributed by atoms with van der Waals surface area (Å²) in [5.41, 5.74) is -17.7. The molecule has 8 atom stereocenters. The van der Waals surface area contributed by atoms with Crippen LogP contribution in [0.3, 0.4) is 0 Å². The van der Waals surface area contributed by atoms with Crippen LogP contribution in [0.1, 0.15) is 55.4 Å². The average Bonchev–Trinajstić information content (AvgIpc) is 2.98. The Bertz CT molecular complexity index is 1340. The molecule has 0 aromatic rings. The predicted molar refractivity (Wildman–Crippen MR) is 151 cm³/mol. The van der Waals surface area contributed by atoms with E-state index in [0.29, 0.717) is 41.5 Å². The number of carbonyl (C=O) groups is 10. The zero-order valence-corrected chi connectivity index (χ0v) is 27.2. The Balaban J connectivity index is 0. The smallest absolute Gasteiger partial charge is 0.304 e. The van der Waals surface area contributed by atoms with E-state index in [1.54, 1.807) is 0 Å². The van der Waals surface area contributed by atoms with Crippen molar-refractivity contribution in [3.05, 3.63) is 0 Å². The lowest BCUT2D eigenvalue weighted by Crippen LogP contribution is -2.80. The van der Waals surface area contributed by atoms with E-state index in [4.69, 9.17) is 5.11 Å². The summed E-state index contributed by atoms with van der Waals surface area (Å²) in [5.74, 6) is -12.7. The predicted octanol–water partition coefficient (Wildman–Crippen LogP) is -5.86. The Kier molecular flexibility index (Phi) is 16.2. The van der Waals surface area contributed by atoms with E-state index in [1.807, 2.05) is 0 Å². The first-order valence-electron chi connectivity index (χ1n) is 13.5. The van der Waals surface area contributed by atoms with Crippen molar-refractivity contribution < 1.29 is 98.3 Å². The molecule has 0 bridgehead atoms. The van der Waals surface area contributed by atoms with Crippen molar-refractivity contribution in [3.63, 3.8) is 0 Å². The molecule has 0 aliphatic carbocycles. The first-order chi connectivity index (χ1) is 21.5. The van der Waals surface area contributed by atoms with Gasteiger partial charge in [-0.05, 0) is 34.6 Å². The molecule has 272 valence electrons. The number of hydrogen-bond donors (Lipinski definition) is 8. The Hall–Kier alpha value is -4.02. The van der Waals surface area contributed by atoms with Crippen LogP contribution < -0.4 is 0 Å². The number of aliphatic hydroxyl groups excluding tert-OH is 4. The molecule has 5 unspecified atom stereocenters. The highest BCUT2D eigenvalue weighted by atomic mass is 16.6. The molecule has 0 amide bonds. The number of esters is 2. The van der Waals surface area contributed by atoms with Crippen LogP contribution in [0.5, 0.6) is 0 Å². The third kappa shape index (κ3) is 7.98. The molecule has 0 spiro atoms. The minimum Gasteiger partial charge on any atom is -0.463 e. The fourth-order valence-electron chi connectivity index (χ4n) is 4.60. The molecular weight excluding hydrogens is 656 g/mol. The van der Waals surface area contributed by atoms with Gasteiger partial charge in [0.2, 0.25) is 16.8 Å². The van der Waals surface area contributed by atoms with E-state index in [1.165, 1.54) is 0 Å². The Morgan fingerprint density at radius 2 is 1.08 bits per heavy atom. The summed E-state index contributed by atoms with van der Waals surface area (Å²) in [7, 11) is 0. The third-order valence-corrected chi connectivity index (χ3v) is 7.27. The van der Waals surface area contributed by atoms with Crippen LogP contribution in [0.4, 0.5) is 0 Å². The number of ketones is 7. The lowest BCUT2D eigenvalue weighted by molar-refractivity contribution is -0.244. The fraction of sp³-hybridized carbons (Fsp3) is 0.643. The maximum absolute atomic E-state index is 12.3. The molecule has 0 aliphatic rings. The summed E-state index contributed by atoms with van der Waals surface area (Å²) in [6.45, 7) is 3.28. The molecule has 0 aromatic carbocycles. The first-order valence-corrected chi connectivity index (χ1v) is 13.5. The van der Waals surface area contributed by atoms with Crippen molar-refractivity contribution in [3.8, 4) is 0 Å². The van der Waals surface area contributed by atoms with Gasteiger partial charge in [0.25, 0.3) is 11.4 Å². The number of aldehydes is 1. The molecule has 0 radical (unpaired) electrons. The van der Waals surface area contributed by atoms with Gasteiger partial charge < -0.3 is 50.3 Å². The molecule has 0 aromatic heterocycles. The minimum absolute atomic E-state index is 0.525. The van der Waals surface area contributed by atoms with Gasteiger partial charge in [-0.1, -0.05) is 0 Å². The van der Waals surface area contributed by atoms with E-state index in [2.05, 4.69) is 9.47 Å². The minimum atomic E-state index is -3.72. The van der Waals surface area contributed by atoms with Crippen molar-refractivity contribution in [1.82, 2.24) is 0 Å². The molecule has 20 nitrogen and oxygen atoms in total. The molecule has 0 fully saturated rings. The van der Waals surface area contributed by atoms with Crippen LogP contribution in [0.2, 0.25) is 0 Å². The van der Waals surface area contributed by atoms with Gasteiger partial charge in [0.15, 0.2) is 46.6 Å². The van der Waals surface area contributed by atoms with Crippen molar-refractivity contribution in [2.45, 2.75) is 102 Å². The van der Waals surface area contributed by atoms with Crippen LogP contribution in [0.25, 0.3) is 0 Å². The van der Waals surface area contributed by atoms with Crippen LogP contribution in [0, 0.1) is 0 Å². The third-order valence-electron chi connectivity index (χ3n) is 7.27. The number of hydrogen-bond acceptors (Lipinski definition) is 20. The maximum atomic E-state index is 12.3. The van der Waals surface area contributed by atoms with Crippen molar-refractivity contribution in [2.75, 3.05) is 13.2 Å². The van der Waals surface area contributed by atoms with Crippen molar-refractivity contribution in [1.29, 1.82) is 0 Å². The van der Waals surface area contributed by atoms with Gasteiger partial charge in [0.05, 0.1) is 6.61 Å². The number of carbonyl (C=O) groups excluding carboxylic acids is 10. The topological polar surface area (TPSA) is 351 Å². The lowest BCUT2D eigenvalue weighted by Gasteiger charge is -2.47. The molecule has 0 heterocycles. The molecule has 0 rings (SSSR count). The average molecular weight is 697 g/mol. The van der Waals surface area contributed by atoms with Crippen LogP contribution in [0.15, 0.2) is 0 Å². The number of aliphatic hydroxyl groups is 8. The molecule has 0 saturated carbocycles. The van der Waals surface area contributed by atoms with Gasteiger partial charge in [-0.25, -0.2) is 0 Å². The highest BCUT2D eigenvalue weighted by Crippen LogP contribution is 2.38. The summed E-state index contributed by atoms with van der Waals surface area (Å²) in [4.78, 5) is 117. The summed E-state index contributed by atoms with van der Waals surface area (Å²) >= 11 is 0. The Labute approximate surface area is 272 Å². The lowest BCUT2D eigenvalue weighted by atomic mass is 9.63. The molecule has 0 aliphatic heterocycles. The zero-order chi connectivity index (χ0) is 39.0. The maximum Gasteiger partial charge on any atom is 0.304 e. The highest BCUT2D eigenvalue weighted by molar-refractivity contribution is 6.45. The van der Waals surface area contributed by atoms with Gasteiger partial charge in [-0.2, -0.15) is 0 Å². The van der Waals surface area contributed by atoms with Crippen molar-refractivity contribution >= 4 is 58.7 Å².